The molecule has 4 aromatic heterocycles. The lowest BCUT2D eigenvalue weighted by molar-refractivity contribution is 0.0514. The third kappa shape index (κ3) is 9.32. The van der Waals surface area contributed by atoms with Gasteiger partial charge < -0.3 is 15.0 Å². The first-order chi connectivity index (χ1) is 45.9. The Kier molecular flexibility index (Phi) is 14.8. The van der Waals surface area contributed by atoms with Crippen molar-refractivity contribution in [1.29, 1.82) is 0 Å². The van der Waals surface area contributed by atoms with Crippen LogP contribution in [0.4, 0.5) is 43.9 Å². The van der Waals surface area contributed by atoms with Crippen molar-refractivity contribution in [3.63, 3.8) is 0 Å². The quantitative estimate of drug-likeness (QED) is 0.0168. The highest BCUT2D eigenvalue weighted by molar-refractivity contribution is 6.41. The lowest BCUT2D eigenvalue weighted by atomic mass is 9.82. The minimum absolute atomic E-state index is 0.0248. The highest BCUT2D eigenvalue weighted by atomic mass is 19.2. The number of imide groups is 2. The van der Waals surface area contributed by atoms with E-state index in [1.54, 1.807) is 48.5 Å². The van der Waals surface area contributed by atoms with Crippen molar-refractivity contribution in [2.24, 2.45) is 0 Å². The molecule has 95 heavy (non-hydrogen) atoms. The fourth-order valence-electron chi connectivity index (χ4n) is 14.4. The molecule has 8 aromatic carbocycles. The van der Waals surface area contributed by atoms with Crippen LogP contribution in [0.1, 0.15) is 136 Å². The van der Waals surface area contributed by atoms with E-state index in [4.69, 9.17) is 4.98 Å². The normalized spacial score (nSPS) is 13.6. The Labute approximate surface area is 533 Å². The summed E-state index contributed by atoms with van der Waals surface area (Å²) in [5.41, 5.74) is -2.27. The third-order valence-corrected chi connectivity index (χ3v) is 19.0. The first kappa shape index (κ1) is 60.6. The SMILES string of the molecule is CCCCCCC(CCCCCC)N1C(=O)c2ccc3c4ccc5c6c(ccc(c7ccc(c2c37)C1=O)c64)C(=O)N(Cc1ccc(-c2c3nc(c(-c4c(F)c(F)c(F)c(F)c4F)c4ccc([nH]4)c4ccc([nH]4)c(-c4c(F)c(F)c(F)c(F)c4F)c4ccc2[nH]4)C=C3)cc1)C5=O. The van der Waals surface area contributed by atoms with Crippen LogP contribution in [0.25, 0.3) is 122 Å². The van der Waals surface area contributed by atoms with Crippen molar-refractivity contribution in [1.82, 2.24) is 29.7 Å². The van der Waals surface area contributed by atoms with Gasteiger partial charge >= 0.3 is 0 Å². The molecule has 0 radical (unpaired) electrons. The Morgan fingerprint density at radius 3 is 1.15 bits per heavy atom. The highest BCUT2D eigenvalue weighted by Gasteiger charge is 2.40. The maximum atomic E-state index is 16.0. The number of hydrogen-bond donors (Lipinski definition) is 3. The van der Waals surface area contributed by atoms with Crippen LogP contribution in [0.3, 0.4) is 0 Å². The molecular formula is C75H52F10N6O4. The summed E-state index contributed by atoms with van der Waals surface area (Å²) in [7, 11) is 0. The van der Waals surface area contributed by atoms with Crippen molar-refractivity contribution in [3.05, 3.63) is 207 Å². The first-order valence-electron chi connectivity index (χ1n) is 31.3. The molecule has 8 bridgehead atoms. The van der Waals surface area contributed by atoms with Crippen LogP contribution >= 0.6 is 0 Å². The predicted octanol–water partition coefficient (Wildman–Crippen LogP) is 19.8. The molecule has 3 aliphatic heterocycles. The van der Waals surface area contributed by atoms with Gasteiger partial charge in [0.05, 0.1) is 40.1 Å². The van der Waals surface area contributed by atoms with Crippen molar-refractivity contribution in [2.75, 3.05) is 0 Å². The van der Waals surface area contributed by atoms with Crippen LogP contribution < -0.4 is 0 Å². The van der Waals surface area contributed by atoms with Crippen LogP contribution in [-0.2, 0) is 6.54 Å². The van der Waals surface area contributed by atoms with E-state index >= 15 is 35.1 Å². The van der Waals surface area contributed by atoms with Crippen molar-refractivity contribution in [3.8, 4) is 33.4 Å². The largest absolute Gasteiger partial charge is 0.354 e. The number of unbranched alkanes of at least 4 members (excludes halogenated alkanes) is 6. The summed E-state index contributed by atoms with van der Waals surface area (Å²) in [6, 6.07) is 28.3. The number of amides is 4. The molecule has 7 heterocycles. The maximum Gasteiger partial charge on any atom is 0.261 e. The molecule has 4 amide bonds. The topological polar surface area (TPSA) is 135 Å². The second-order valence-electron chi connectivity index (χ2n) is 24.5. The summed E-state index contributed by atoms with van der Waals surface area (Å²) in [5.74, 6) is -24.3. The number of hydrogen-bond acceptors (Lipinski definition) is 5. The van der Waals surface area contributed by atoms with E-state index in [2.05, 4.69) is 28.8 Å². The van der Waals surface area contributed by atoms with Gasteiger partial charge in [-0.25, -0.2) is 48.9 Å². The van der Waals surface area contributed by atoms with Gasteiger partial charge in [0, 0.05) is 77.8 Å². The Morgan fingerprint density at radius 2 is 0.716 bits per heavy atom. The number of nitrogens with one attached hydrogen (secondary N) is 3. The first-order valence-corrected chi connectivity index (χ1v) is 31.3. The molecule has 0 unspecified atom stereocenters. The molecule has 476 valence electrons. The van der Waals surface area contributed by atoms with E-state index < -0.39 is 92.2 Å². The summed E-state index contributed by atoms with van der Waals surface area (Å²) in [6.07, 6.45) is 12.2. The molecule has 0 fully saturated rings. The molecule has 10 nitrogen and oxygen atoms in total. The number of aromatic amines is 3. The van der Waals surface area contributed by atoms with Crippen molar-refractivity contribution in [2.45, 2.75) is 90.6 Å². The van der Waals surface area contributed by atoms with Crippen LogP contribution in [0, 0.1) is 58.2 Å². The molecule has 0 saturated carbocycles. The summed E-state index contributed by atoms with van der Waals surface area (Å²) in [4.78, 5) is 75.4. The molecule has 3 N–H and O–H groups in total. The predicted molar refractivity (Wildman–Crippen MR) is 345 cm³/mol. The summed E-state index contributed by atoms with van der Waals surface area (Å²) >= 11 is 0. The number of aromatic nitrogens is 4. The van der Waals surface area contributed by atoms with Crippen LogP contribution in [0.2, 0.25) is 0 Å². The number of carbonyl (C=O) groups is 4. The Bertz CT molecular complexity index is 5330. The molecule has 20 heteroatoms. The summed E-state index contributed by atoms with van der Waals surface area (Å²) in [5, 5.41) is 5.33. The smallest absolute Gasteiger partial charge is 0.261 e. The third-order valence-electron chi connectivity index (χ3n) is 19.0. The number of carbonyl (C=O) groups excluding carboxylic acids is 4. The Hall–Kier alpha value is -10.6. The maximum absolute atomic E-state index is 16.0. The molecule has 0 aliphatic carbocycles. The van der Waals surface area contributed by atoms with Crippen molar-refractivity contribution < 1.29 is 63.1 Å². The number of H-pyrrole nitrogens is 3. The monoisotopic (exact) mass is 1290 g/mol. The lowest BCUT2D eigenvalue weighted by Crippen LogP contribution is -2.47. The molecule has 0 atom stereocenters. The molecule has 0 saturated heterocycles. The molecular weight excluding hydrogens is 1240 g/mol. The standard InChI is InChI=1S/C75H52F10N6O4/c1-3-5-7-9-11-36(12-10-8-6-4-2)91-74(94)43-23-19-39-37-17-21-41-56-42(22-18-38(54(37)56)40-20-24-44(75(91)95)57(43)55(39)40)73(93)90(72(41)92)33-34-13-15-35(16-14-34)53-47-29-31-51(88-47)58(60-62(76)66(80)70(84)67(81)63(60)77)49-27-25-45(86-49)46-26-28-50(87-46)59(52-32-30-48(53)89-52)61-64(78)68(82)71(85)69(83)65(61)79/h13-32,36,86-88H,3-12,33H2,1-2H3. The number of rotatable bonds is 16. The Morgan fingerprint density at radius 1 is 0.358 bits per heavy atom. The fraction of sp³-hybridized carbons (Fsp3) is 0.187. The van der Waals surface area contributed by atoms with Crippen molar-refractivity contribution >= 4 is 112 Å². The van der Waals surface area contributed by atoms with Gasteiger partial charge in [-0.05, 0) is 129 Å². The zero-order valence-corrected chi connectivity index (χ0v) is 50.7. The van der Waals surface area contributed by atoms with Gasteiger partial charge in [0.15, 0.2) is 46.5 Å². The summed E-state index contributed by atoms with van der Waals surface area (Å²) in [6.45, 7) is 4.03. The van der Waals surface area contributed by atoms with Gasteiger partial charge in [0.2, 0.25) is 11.6 Å². The van der Waals surface area contributed by atoms with E-state index in [1.807, 2.05) is 24.3 Å². The number of halogens is 10. The van der Waals surface area contributed by atoms with Gasteiger partial charge in [-0.1, -0.05) is 114 Å². The zero-order chi connectivity index (χ0) is 66.2. The molecule has 15 rings (SSSR count). The van der Waals surface area contributed by atoms with Gasteiger partial charge in [0.25, 0.3) is 23.6 Å². The van der Waals surface area contributed by atoms with Crippen LogP contribution in [-0.4, -0.2) is 59.4 Å². The minimum Gasteiger partial charge on any atom is -0.354 e. The average Bonchev–Trinajstić information content (AvgIpc) is 1.27. The molecule has 12 aromatic rings. The Balaban J connectivity index is 0.828. The van der Waals surface area contributed by atoms with Gasteiger partial charge in [0.1, 0.15) is 0 Å². The van der Waals surface area contributed by atoms with E-state index in [0.717, 1.165) is 96.0 Å². The van der Waals surface area contributed by atoms with E-state index in [-0.39, 0.29) is 91.1 Å². The van der Waals surface area contributed by atoms with Crippen LogP contribution in [0.5, 0.6) is 0 Å². The van der Waals surface area contributed by atoms with E-state index in [9.17, 15) is 28.0 Å². The second-order valence-corrected chi connectivity index (χ2v) is 24.5. The number of nitrogens with zero attached hydrogens (tertiary/aromatic N) is 3. The zero-order valence-electron chi connectivity index (χ0n) is 50.7. The summed E-state index contributed by atoms with van der Waals surface area (Å²) < 4.78 is 154. The molecule has 3 aliphatic rings. The van der Waals surface area contributed by atoms with Crippen LogP contribution in [0.15, 0.2) is 109 Å². The molecule has 0 spiro atoms. The van der Waals surface area contributed by atoms with Gasteiger partial charge in [-0.2, -0.15) is 0 Å². The van der Waals surface area contributed by atoms with E-state index in [0.29, 0.717) is 32.8 Å². The second kappa shape index (κ2) is 23.1. The van der Waals surface area contributed by atoms with Gasteiger partial charge in [-0.3, -0.25) is 29.0 Å². The lowest BCUT2D eigenvalue weighted by Gasteiger charge is -2.35. The minimum atomic E-state index is -2.41. The van der Waals surface area contributed by atoms with E-state index in [1.165, 1.54) is 53.5 Å². The highest BCUT2D eigenvalue weighted by Crippen LogP contribution is 2.48. The number of benzene rings is 8. The fourth-order valence-corrected chi connectivity index (χ4v) is 14.4. The number of fused-ring (bicyclic) bond motifs is 11. The average molecular weight is 1290 g/mol. The van der Waals surface area contributed by atoms with Gasteiger partial charge in [-0.15, -0.1) is 0 Å².